The van der Waals surface area contributed by atoms with Gasteiger partial charge in [-0.3, -0.25) is 14.4 Å². The Kier molecular flexibility index (Phi) is 5.88. The first-order chi connectivity index (χ1) is 14.0. The first-order valence-electron chi connectivity index (χ1n) is 11.0. The van der Waals surface area contributed by atoms with Crippen molar-refractivity contribution in [1.82, 2.24) is 10.2 Å². The molecule has 1 aliphatic carbocycles. The highest BCUT2D eigenvalue weighted by Gasteiger charge is 2.31. The highest BCUT2D eigenvalue weighted by molar-refractivity contribution is 5.98. The van der Waals surface area contributed by atoms with Gasteiger partial charge in [-0.15, -0.1) is 0 Å². The fourth-order valence-electron chi connectivity index (χ4n) is 4.99. The highest BCUT2D eigenvalue weighted by atomic mass is 16.2. The molecule has 4 rings (SSSR count). The van der Waals surface area contributed by atoms with E-state index in [0.29, 0.717) is 31.2 Å². The molecular formula is C23H31N3O3. The van der Waals surface area contributed by atoms with E-state index in [1.165, 1.54) is 19.3 Å². The number of hydrogen-bond acceptors (Lipinski definition) is 3. The molecule has 1 aromatic rings. The summed E-state index contributed by atoms with van der Waals surface area (Å²) in [5.41, 5.74) is 2.62. The Bertz CT molecular complexity index is 801. The van der Waals surface area contributed by atoms with Crippen LogP contribution in [0.3, 0.4) is 0 Å². The van der Waals surface area contributed by atoms with Crippen molar-refractivity contribution >= 4 is 23.4 Å². The first-order valence-corrected chi connectivity index (χ1v) is 11.0. The third-order valence-corrected chi connectivity index (χ3v) is 6.63. The molecule has 1 saturated carbocycles. The Morgan fingerprint density at radius 1 is 1.00 bits per heavy atom. The summed E-state index contributed by atoms with van der Waals surface area (Å²) in [5, 5.41) is 3.22. The van der Waals surface area contributed by atoms with Crippen molar-refractivity contribution in [2.75, 3.05) is 24.5 Å². The van der Waals surface area contributed by atoms with E-state index in [-0.39, 0.29) is 23.6 Å². The topological polar surface area (TPSA) is 69.7 Å². The molecular weight excluding hydrogens is 366 g/mol. The van der Waals surface area contributed by atoms with Crippen LogP contribution in [0.25, 0.3) is 0 Å². The minimum Gasteiger partial charge on any atom is -0.353 e. The molecule has 1 aromatic carbocycles. The van der Waals surface area contributed by atoms with Crippen molar-refractivity contribution < 1.29 is 14.4 Å². The fraction of sp³-hybridized carbons (Fsp3) is 0.609. The van der Waals surface area contributed by atoms with Crippen LogP contribution in [0.2, 0.25) is 0 Å². The van der Waals surface area contributed by atoms with Gasteiger partial charge in [0.2, 0.25) is 11.8 Å². The molecule has 1 atom stereocenters. The van der Waals surface area contributed by atoms with Gasteiger partial charge in [-0.05, 0) is 55.9 Å². The number of carbonyl (C=O) groups excluding carboxylic acids is 3. The lowest BCUT2D eigenvalue weighted by atomic mass is 9.92. The second-order valence-corrected chi connectivity index (χ2v) is 8.70. The summed E-state index contributed by atoms with van der Waals surface area (Å²) in [6.07, 6.45) is 8.30. The van der Waals surface area contributed by atoms with Crippen LogP contribution in [0.15, 0.2) is 18.2 Å². The maximum atomic E-state index is 13.1. The van der Waals surface area contributed by atoms with Gasteiger partial charge >= 0.3 is 0 Å². The smallest absolute Gasteiger partial charge is 0.253 e. The van der Waals surface area contributed by atoms with Crippen LogP contribution in [0.5, 0.6) is 0 Å². The Hall–Kier alpha value is -2.37. The monoisotopic (exact) mass is 397 g/mol. The van der Waals surface area contributed by atoms with Crippen molar-refractivity contribution in [3.05, 3.63) is 29.3 Å². The number of anilines is 1. The van der Waals surface area contributed by atoms with Gasteiger partial charge in [0.15, 0.2) is 0 Å². The van der Waals surface area contributed by atoms with Crippen LogP contribution in [0.1, 0.15) is 67.8 Å². The minimum atomic E-state index is -0.114. The molecule has 0 aromatic heterocycles. The lowest BCUT2D eigenvalue weighted by molar-refractivity contribution is -0.127. The van der Waals surface area contributed by atoms with Gasteiger partial charge in [0, 0.05) is 43.9 Å². The van der Waals surface area contributed by atoms with Gasteiger partial charge < -0.3 is 15.1 Å². The number of benzene rings is 1. The van der Waals surface area contributed by atoms with E-state index in [1.54, 1.807) is 11.8 Å². The normalized spacial score (nSPS) is 22.3. The van der Waals surface area contributed by atoms with E-state index in [0.717, 1.165) is 43.4 Å². The molecule has 3 aliphatic rings. The fourth-order valence-corrected chi connectivity index (χ4v) is 4.99. The molecule has 0 bridgehead atoms. The van der Waals surface area contributed by atoms with Gasteiger partial charge in [-0.2, -0.15) is 0 Å². The second-order valence-electron chi connectivity index (χ2n) is 8.70. The average molecular weight is 398 g/mol. The summed E-state index contributed by atoms with van der Waals surface area (Å²) >= 11 is 0. The summed E-state index contributed by atoms with van der Waals surface area (Å²) in [6.45, 7) is 3.44. The molecule has 2 heterocycles. The molecule has 6 heteroatoms. The molecule has 1 saturated heterocycles. The maximum Gasteiger partial charge on any atom is 0.253 e. The predicted octanol–water partition coefficient (Wildman–Crippen LogP) is 2.90. The van der Waals surface area contributed by atoms with Crippen LogP contribution in [-0.2, 0) is 16.0 Å². The molecule has 2 fully saturated rings. The molecule has 0 spiro atoms. The van der Waals surface area contributed by atoms with Crippen molar-refractivity contribution in [1.29, 1.82) is 0 Å². The summed E-state index contributed by atoms with van der Waals surface area (Å²) < 4.78 is 0. The van der Waals surface area contributed by atoms with Crippen LogP contribution in [0.4, 0.5) is 5.69 Å². The number of fused-ring (bicyclic) bond motifs is 1. The van der Waals surface area contributed by atoms with Gasteiger partial charge in [0.1, 0.15) is 0 Å². The number of amides is 3. The Morgan fingerprint density at radius 2 is 1.79 bits per heavy atom. The Balaban J connectivity index is 1.40. The van der Waals surface area contributed by atoms with Crippen molar-refractivity contribution in [2.24, 2.45) is 5.92 Å². The largest absolute Gasteiger partial charge is 0.353 e. The number of nitrogens with one attached hydrogen (secondary N) is 1. The molecule has 3 amide bonds. The van der Waals surface area contributed by atoms with Gasteiger partial charge in [0.05, 0.1) is 5.92 Å². The van der Waals surface area contributed by atoms with E-state index in [4.69, 9.17) is 0 Å². The van der Waals surface area contributed by atoms with E-state index in [9.17, 15) is 14.4 Å². The van der Waals surface area contributed by atoms with Crippen LogP contribution in [0, 0.1) is 5.92 Å². The number of hydrogen-bond donors (Lipinski definition) is 1. The van der Waals surface area contributed by atoms with Crippen LogP contribution >= 0.6 is 0 Å². The molecule has 1 unspecified atom stereocenters. The van der Waals surface area contributed by atoms with Gasteiger partial charge in [-0.25, -0.2) is 0 Å². The lowest BCUT2D eigenvalue weighted by Gasteiger charge is -2.33. The van der Waals surface area contributed by atoms with Gasteiger partial charge in [0.25, 0.3) is 5.91 Å². The third kappa shape index (κ3) is 4.31. The zero-order chi connectivity index (χ0) is 20.4. The zero-order valence-electron chi connectivity index (χ0n) is 17.3. The quantitative estimate of drug-likeness (QED) is 0.853. The first kappa shape index (κ1) is 19.9. The van der Waals surface area contributed by atoms with Crippen molar-refractivity contribution in [3.8, 4) is 0 Å². The van der Waals surface area contributed by atoms with E-state index in [1.807, 2.05) is 23.1 Å². The average Bonchev–Trinajstić information content (AvgIpc) is 3.17. The van der Waals surface area contributed by atoms with Gasteiger partial charge in [-0.1, -0.05) is 19.3 Å². The van der Waals surface area contributed by atoms with Crippen molar-refractivity contribution in [3.63, 3.8) is 0 Å². The third-order valence-electron chi connectivity index (χ3n) is 6.63. The molecule has 29 heavy (non-hydrogen) atoms. The summed E-state index contributed by atoms with van der Waals surface area (Å²) in [5.74, 6) is 0.0210. The predicted molar refractivity (Wildman–Crippen MR) is 112 cm³/mol. The number of likely N-dealkylation sites (tertiary alicyclic amines) is 1. The van der Waals surface area contributed by atoms with E-state index >= 15 is 0 Å². The zero-order valence-corrected chi connectivity index (χ0v) is 17.3. The minimum absolute atomic E-state index is 0.00996. The highest BCUT2D eigenvalue weighted by Crippen LogP contribution is 2.30. The van der Waals surface area contributed by atoms with Crippen LogP contribution < -0.4 is 10.2 Å². The summed E-state index contributed by atoms with van der Waals surface area (Å²) in [4.78, 5) is 41.1. The standard InChI is InChI=1S/C23H31N3O3/c1-16(27)26-13-11-17-14-18(9-10-21(17)26)23(29)25-12-5-6-19(15-25)22(28)24-20-7-3-2-4-8-20/h9-10,14,19-20H,2-8,11-13,15H2,1H3,(H,24,28). The second kappa shape index (κ2) is 8.56. The molecule has 1 N–H and O–H groups in total. The molecule has 2 aliphatic heterocycles. The molecule has 0 radical (unpaired) electrons. The number of rotatable bonds is 3. The Labute approximate surface area is 172 Å². The lowest BCUT2D eigenvalue weighted by Crippen LogP contribution is -2.47. The number of piperidine rings is 1. The van der Waals surface area contributed by atoms with Crippen molar-refractivity contribution in [2.45, 2.75) is 64.3 Å². The number of carbonyl (C=O) groups is 3. The molecule has 6 nitrogen and oxygen atoms in total. The maximum absolute atomic E-state index is 13.1. The van der Waals surface area contributed by atoms with E-state index in [2.05, 4.69) is 5.32 Å². The number of nitrogens with zero attached hydrogens (tertiary/aromatic N) is 2. The molecule has 156 valence electrons. The summed E-state index contributed by atoms with van der Waals surface area (Å²) in [7, 11) is 0. The SMILES string of the molecule is CC(=O)N1CCc2cc(C(=O)N3CCCC(C(=O)NC4CCCCC4)C3)ccc21. The summed E-state index contributed by atoms with van der Waals surface area (Å²) in [6, 6.07) is 5.93. The van der Waals surface area contributed by atoms with Crippen LogP contribution in [-0.4, -0.2) is 48.3 Å². The van der Waals surface area contributed by atoms with E-state index < -0.39 is 0 Å². The Morgan fingerprint density at radius 3 is 2.55 bits per heavy atom.